The number of ether oxygens (including phenoxy) is 1. The van der Waals surface area contributed by atoms with Crippen LogP contribution in [0.15, 0.2) is 42.5 Å². The van der Waals surface area contributed by atoms with Crippen LogP contribution in [0.5, 0.6) is 5.75 Å². The Labute approximate surface area is 163 Å². The minimum absolute atomic E-state index is 0.00647. The van der Waals surface area contributed by atoms with E-state index in [9.17, 15) is 9.59 Å². The molecule has 6 heteroatoms. The maximum Gasteiger partial charge on any atom is 0.230 e. The molecule has 0 bridgehead atoms. The van der Waals surface area contributed by atoms with Crippen LogP contribution in [-0.4, -0.2) is 24.6 Å². The molecule has 0 saturated carbocycles. The van der Waals surface area contributed by atoms with Gasteiger partial charge in [0.25, 0.3) is 0 Å². The zero-order valence-corrected chi connectivity index (χ0v) is 16.6. The number of halogens is 1. The number of methoxy groups -OCH3 is 1. The number of hydrogen-bond donors (Lipinski definition) is 1. The number of benzene rings is 2. The summed E-state index contributed by atoms with van der Waals surface area (Å²) in [5.74, 6) is 1.58. The van der Waals surface area contributed by atoms with Crippen molar-refractivity contribution < 1.29 is 14.3 Å². The molecule has 0 aliphatic rings. The van der Waals surface area contributed by atoms with Crippen molar-refractivity contribution in [2.45, 2.75) is 25.6 Å². The second kappa shape index (κ2) is 9.64. The van der Waals surface area contributed by atoms with Crippen LogP contribution in [0.4, 0.5) is 0 Å². The lowest BCUT2D eigenvalue weighted by atomic mass is 10.1. The molecule has 0 fully saturated rings. The maximum absolute atomic E-state index is 12.2. The van der Waals surface area contributed by atoms with Crippen LogP contribution in [0, 0.1) is 0 Å². The highest BCUT2D eigenvalue weighted by molar-refractivity contribution is 7.99. The van der Waals surface area contributed by atoms with Crippen molar-refractivity contribution in [3.05, 3.63) is 64.2 Å². The lowest BCUT2D eigenvalue weighted by Crippen LogP contribution is -2.28. The van der Waals surface area contributed by atoms with Crippen LogP contribution in [0.3, 0.4) is 0 Å². The molecular weight excluding hydrogens is 370 g/mol. The summed E-state index contributed by atoms with van der Waals surface area (Å²) in [7, 11) is 1.59. The number of nitrogens with one attached hydrogen (secondary N) is 1. The number of rotatable bonds is 8. The van der Waals surface area contributed by atoms with Crippen molar-refractivity contribution in [1.82, 2.24) is 5.32 Å². The predicted molar refractivity (Wildman–Crippen MR) is 107 cm³/mol. The van der Waals surface area contributed by atoms with Gasteiger partial charge in [0.1, 0.15) is 5.75 Å². The van der Waals surface area contributed by atoms with Crippen molar-refractivity contribution in [3.63, 3.8) is 0 Å². The quantitative estimate of drug-likeness (QED) is 0.665. The van der Waals surface area contributed by atoms with Gasteiger partial charge in [-0.15, -0.1) is 11.8 Å². The molecule has 1 N–H and O–H groups in total. The van der Waals surface area contributed by atoms with E-state index in [0.717, 1.165) is 16.9 Å². The van der Waals surface area contributed by atoms with Gasteiger partial charge in [0.2, 0.25) is 5.91 Å². The van der Waals surface area contributed by atoms with Gasteiger partial charge in [0.15, 0.2) is 5.78 Å². The highest BCUT2D eigenvalue weighted by atomic mass is 35.5. The second-order valence-corrected chi connectivity index (χ2v) is 7.34. The van der Waals surface area contributed by atoms with Crippen molar-refractivity contribution in [2.24, 2.45) is 0 Å². The first-order valence-electron chi connectivity index (χ1n) is 8.21. The lowest BCUT2D eigenvalue weighted by Gasteiger charge is -2.15. The van der Waals surface area contributed by atoms with E-state index in [1.807, 2.05) is 31.2 Å². The second-order valence-electron chi connectivity index (χ2n) is 5.92. The van der Waals surface area contributed by atoms with E-state index >= 15 is 0 Å². The Hall–Kier alpha value is -1.98. The molecule has 2 aromatic rings. The van der Waals surface area contributed by atoms with E-state index in [1.54, 1.807) is 25.3 Å². The summed E-state index contributed by atoms with van der Waals surface area (Å²) >= 11 is 7.46. The van der Waals surface area contributed by atoms with E-state index in [4.69, 9.17) is 16.3 Å². The van der Waals surface area contributed by atoms with Crippen LogP contribution < -0.4 is 10.1 Å². The summed E-state index contributed by atoms with van der Waals surface area (Å²) in [6.45, 7) is 3.46. The summed E-state index contributed by atoms with van der Waals surface area (Å²) < 4.78 is 5.33. The largest absolute Gasteiger partial charge is 0.496 e. The molecule has 2 rings (SSSR count). The van der Waals surface area contributed by atoms with Gasteiger partial charge < -0.3 is 10.1 Å². The Bertz CT molecular complexity index is 794. The normalized spacial score (nSPS) is 11.7. The van der Waals surface area contributed by atoms with Crippen molar-refractivity contribution in [3.8, 4) is 5.75 Å². The molecule has 0 radical (unpaired) electrons. The minimum atomic E-state index is -0.114. The van der Waals surface area contributed by atoms with E-state index in [-0.39, 0.29) is 17.7 Å². The van der Waals surface area contributed by atoms with Gasteiger partial charge in [-0.3, -0.25) is 9.59 Å². The molecular formula is C20H22ClNO3S. The van der Waals surface area contributed by atoms with Gasteiger partial charge in [0, 0.05) is 21.9 Å². The first-order chi connectivity index (χ1) is 12.4. The summed E-state index contributed by atoms with van der Waals surface area (Å²) in [5.41, 5.74) is 2.51. The zero-order chi connectivity index (χ0) is 19.1. The average Bonchev–Trinajstić information content (AvgIpc) is 2.61. The molecule has 4 nitrogen and oxygen atoms in total. The highest BCUT2D eigenvalue weighted by Gasteiger charge is 2.12. The van der Waals surface area contributed by atoms with Crippen molar-refractivity contribution in [1.29, 1.82) is 0 Å². The molecule has 0 saturated heterocycles. The highest BCUT2D eigenvalue weighted by Crippen LogP contribution is 2.25. The summed E-state index contributed by atoms with van der Waals surface area (Å²) in [6, 6.07) is 12.7. The Morgan fingerprint density at radius 3 is 2.65 bits per heavy atom. The monoisotopic (exact) mass is 391 g/mol. The van der Waals surface area contributed by atoms with E-state index < -0.39 is 0 Å². The number of Topliss-reactive ketones (excluding diaryl/α,β-unsaturated/α-hetero) is 1. The van der Waals surface area contributed by atoms with Gasteiger partial charge >= 0.3 is 0 Å². The Morgan fingerprint density at radius 2 is 2.00 bits per heavy atom. The van der Waals surface area contributed by atoms with Crippen molar-refractivity contribution >= 4 is 35.1 Å². The molecule has 0 aliphatic carbocycles. The first kappa shape index (κ1) is 20.3. The van der Waals surface area contributed by atoms with Crippen molar-refractivity contribution in [2.75, 3.05) is 12.9 Å². The van der Waals surface area contributed by atoms with Crippen LogP contribution >= 0.6 is 23.4 Å². The summed E-state index contributed by atoms with van der Waals surface area (Å²) in [4.78, 5) is 23.7. The molecule has 1 amide bonds. The standard InChI is InChI=1S/C20H22ClNO3S/c1-13(15-5-4-6-18(21)10-15)22-20(24)12-26-11-17-9-16(14(2)23)7-8-19(17)25-3/h4-10,13H,11-12H2,1-3H3,(H,22,24). The third-order valence-electron chi connectivity index (χ3n) is 3.90. The Balaban J connectivity index is 1.90. The van der Waals surface area contributed by atoms with Gasteiger partial charge in [-0.2, -0.15) is 0 Å². The average molecular weight is 392 g/mol. The van der Waals surface area contributed by atoms with Crippen LogP contribution in [-0.2, 0) is 10.5 Å². The number of thioether (sulfide) groups is 1. The predicted octanol–water partition coefficient (Wildman–Crippen LogP) is 4.66. The number of carbonyl (C=O) groups is 2. The molecule has 2 aromatic carbocycles. The third-order valence-corrected chi connectivity index (χ3v) is 5.12. The molecule has 138 valence electrons. The van der Waals surface area contributed by atoms with Gasteiger partial charge in [0.05, 0.1) is 18.9 Å². The third kappa shape index (κ3) is 5.78. The number of carbonyl (C=O) groups excluding carboxylic acids is 2. The topological polar surface area (TPSA) is 55.4 Å². The van der Waals surface area contributed by atoms with Crippen LogP contribution in [0.2, 0.25) is 5.02 Å². The molecule has 0 heterocycles. The molecule has 0 aromatic heterocycles. The number of ketones is 1. The molecule has 1 unspecified atom stereocenters. The minimum Gasteiger partial charge on any atom is -0.496 e. The van der Waals surface area contributed by atoms with Crippen LogP contribution in [0.1, 0.15) is 41.4 Å². The van der Waals surface area contributed by atoms with Crippen LogP contribution in [0.25, 0.3) is 0 Å². The maximum atomic E-state index is 12.2. The first-order valence-corrected chi connectivity index (χ1v) is 9.74. The van der Waals surface area contributed by atoms with E-state index in [1.165, 1.54) is 18.7 Å². The molecule has 26 heavy (non-hydrogen) atoms. The van der Waals surface area contributed by atoms with Gasteiger partial charge in [-0.05, 0) is 49.7 Å². The molecule has 0 spiro atoms. The Morgan fingerprint density at radius 1 is 1.23 bits per heavy atom. The van der Waals surface area contributed by atoms with Gasteiger partial charge in [-0.1, -0.05) is 23.7 Å². The van der Waals surface area contributed by atoms with E-state index in [2.05, 4.69) is 5.32 Å². The fourth-order valence-corrected chi connectivity index (χ4v) is 3.52. The smallest absolute Gasteiger partial charge is 0.230 e. The molecule has 0 aliphatic heterocycles. The summed E-state index contributed by atoms with van der Waals surface area (Å²) in [6.07, 6.45) is 0. The SMILES string of the molecule is COc1ccc(C(C)=O)cc1CSCC(=O)NC(C)c1cccc(Cl)c1. The fourth-order valence-electron chi connectivity index (χ4n) is 2.51. The lowest BCUT2D eigenvalue weighted by molar-refractivity contribution is -0.119. The fraction of sp³-hybridized carbons (Fsp3) is 0.300. The van der Waals surface area contributed by atoms with Gasteiger partial charge in [-0.25, -0.2) is 0 Å². The Kier molecular flexibility index (Phi) is 7.54. The number of amides is 1. The summed E-state index contributed by atoms with van der Waals surface area (Å²) in [5, 5.41) is 3.61. The zero-order valence-electron chi connectivity index (χ0n) is 15.0. The number of hydrogen-bond acceptors (Lipinski definition) is 4. The molecule has 1 atom stereocenters. The van der Waals surface area contributed by atoms with E-state index in [0.29, 0.717) is 22.1 Å².